The zero-order valence-corrected chi connectivity index (χ0v) is 20.3. The van der Waals surface area contributed by atoms with Gasteiger partial charge in [0, 0.05) is 33.3 Å². The second-order valence-electron chi connectivity index (χ2n) is 8.19. The van der Waals surface area contributed by atoms with Gasteiger partial charge < -0.3 is 0 Å². The number of nitrogens with zero attached hydrogens (tertiary/aromatic N) is 5. The number of pyridine rings is 1. The molecule has 0 aliphatic carbocycles. The van der Waals surface area contributed by atoms with Gasteiger partial charge in [0.25, 0.3) is 11.2 Å². The quantitative estimate of drug-likeness (QED) is 0.217. The van der Waals surface area contributed by atoms with Crippen molar-refractivity contribution in [1.29, 1.82) is 0 Å². The van der Waals surface area contributed by atoms with E-state index in [1.54, 1.807) is 18.2 Å². The van der Waals surface area contributed by atoms with Crippen molar-refractivity contribution < 1.29 is 9.31 Å². The van der Waals surface area contributed by atoms with E-state index in [2.05, 4.69) is 36.1 Å². The lowest BCUT2D eigenvalue weighted by Gasteiger charge is -2.10. The molecule has 0 saturated carbocycles. The molecule has 37 heavy (non-hydrogen) atoms. The molecule has 0 amide bonds. The van der Waals surface area contributed by atoms with Crippen molar-refractivity contribution in [3.8, 4) is 33.8 Å². The van der Waals surface area contributed by atoms with E-state index in [1.807, 2.05) is 24.3 Å². The van der Waals surface area contributed by atoms with Crippen LogP contribution in [0.1, 0.15) is 0 Å². The van der Waals surface area contributed by atoms with Crippen LogP contribution < -0.4 is 5.56 Å². The first-order valence-electron chi connectivity index (χ1n) is 11.0. The SMILES string of the molecule is O=c1c2c(-c3ccc(F)cc3)cc(-c3ccc(Br)cc3)nc2nc2[nH]nc(-c3ccc([N+](=O)[O-])cc3)n12. The molecule has 6 aromatic rings. The fourth-order valence-corrected chi connectivity index (χ4v) is 4.42. The number of nitro groups is 1. The van der Waals surface area contributed by atoms with Gasteiger partial charge in [-0.25, -0.2) is 18.9 Å². The molecule has 3 heterocycles. The Kier molecular flexibility index (Phi) is 5.34. The molecule has 180 valence electrons. The molecule has 6 rings (SSSR count). The highest BCUT2D eigenvalue weighted by molar-refractivity contribution is 9.10. The molecule has 0 aliphatic heterocycles. The second-order valence-corrected chi connectivity index (χ2v) is 9.11. The fourth-order valence-electron chi connectivity index (χ4n) is 4.16. The van der Waals surface area contributed by atoms with Gasteiger partial charge in [-0.1, -0.05) is 40.2 Å². The number of hydrogen-bond acceptors (Lipinski definition) is 6. The Morgan fingerprint density at radius 1 is 0.892 bits per heavy atom. The Labute approximate surface area is 215 Å². The van der Waals surface area contributed by atoms with Crippen LogP contribution in [0.4, 0.5) is 10.1 Å². The van der Waals surface area contributed by atoms with Crippen LogP contribution in [0.15, 0.2) is 88.1 Å². The maximum absolute atomic E-state index is 13.9. The number of halogens is 2. The number of hydrogen-bond donors (Lipinski definition) is 1. The van der Waals surface area contributed by atoms with Crippen LogP contribution in [0.3, 0.4) is 0 Å². The van der Waals surface area contributed by atoms with Crippen molar-refractivity contribution in [2.45, 2.75) is 0 Å². The molecule has 0 saturated heterocycles. The molecule has 0 spiro atoms. The molecule has 0 radical (unpaired) electrons. The van der Waals surface area contributed by atoms with E-state index in [4.69, 9.17) is 0 Å². The van der Waals surface area contributed by atoms with E-state index in [0.29, 0.717) is 22.4 Å². The summed E-state index contributed by atoms with van der Waals surface area (Å²) in [5.74, 6) is 0.00507. The minimum Gasteiger partial charge on any atom is -0.268 e. The van der Waals surface area contributed by atoms with E-state index >= 15 is 0 Å². The third kappa shape index (κ3) is 3.95. The molecular formula is C26H14BrFN6O3. The molecule has 0 aliphatic rings. The summed E-state index contributed by atoms with van der Waals surface area (Å²) in [7, 11) is 0. The number of benzene rings is 3. The Morgan fingerprint density at radius 2 is 1.54 bits per heavy atom. The van der Waals surface area contributed by atoms with E-state index in [-0.39, 0.29) is 28.3 Å². The lowest BCUT2D eigenvalue weighted by molar-refractivity contribution is -0.384. The maximum Gasteiger partial charge on any atom is 0.270 e. The van der Waals surface area contributed by atoms with E-state index in [0.717, 1.165) is 10.0 Å². The molecular weight excluding hydrogens is 543 g/mol. The molecule has 0 atom stereocenters. The molecule has 0 bridgehead atoms. The van der Waals surface area contributed by atoms with Crippen LogP contribution in [0.25, 0.3) is 50.6 Å². The minimum atomic E-state index is -0.503. The standard InChI is InChI=1S/C26H14BrFN6O3/c27-17-7-1-15(2-8-17)21-13-20(14-3-9-18(28)10-4-14)22-23(29-21)30-26-32-31-24(33(26)25(22)35)16-5-11-19(12-6-16)34(36)37/h1-13H,(H,29,30,32). The minimum absolute atomic E-state index is 0.0808. The van der Waals surface area contributed by atoms with Crippen molar-refractivity contribution in [3.05, 3.63) is 110 Å². The topological polar surface area (TPSA) is 119 Å². The molecule has 9 nitrogen and oxygen atoms in total. The van der Waals surface area contributed by atoms with Crippen LogP contribution in [0.2, 0.25) is 0 Å². The lowest BCUT2D eigenvalue weighted by atomic mass is 10.00. The molecule has 3 aromatic heterocycles. The smallest absolute Gasteiger partial charge is 0.268 e. The number of nitrogens with one attached hydrogen (secondary N) is 1. The predicted molar refractivity (Wildman–Crippen MR) is 140 cm³/mol. The Morgan fingerprint density at radius 3 is 2.22 bits per heavy atom. The van der Waals surface area contributed by atoms with Crippen molar-refractivity contribution in [2.75, 3.05) is 0 Å². The highest BCUT2D eigenvalue weighted by Gasteiger charge is 2.20. The second kappa shape index (κ2) is 8.71. The first kappa shape index (κ1) is 22.7. The van der Waals surface area contributed by atoms with Gasteiger partial charge in [0.1, 0.15) is 5.82 Å². The number of H-pyrrole nitrogens is 1. The summed E-state index contributed by atoms with van der Waals surface area (Å²) in [6, 6.07) is 20.9. The number of rotatable bonds is 4. The van der Waals surface area contributed by atoms with Gasteiger partial charge in [-0.05, 0) is 48.0 Å². The third-order valence-electron chi connectivity index (χ3n) is 5.95. The average Bonchev–Trinajstić information content (AvgIpc) is 3.33. The van der Waals surface area contributed by atoms with E-state index in [9.17, 15) is 19.3 Å². The van der Waals surface area contributed by atoms with Gasteiger partial charge >= 0.3 is 0 Å². The highest BCUT2D eigenvalue weighted by atomic mass is 79.9. The van der Waals surface area contributed by atoms with Crippen LogP contribution in [-0.4, -0.2) is 29.5 Å². The van der Waals surface area contributed by atoms with Gasteiger partial charge in [-0.2, -0.15) is 10.1 Å². The number of aromatic nitrogens is 5. The number of nitro benzene ring substituents is 1. The third-order valence-corrected chi connectivity index (χ3v) is 6.47. The largest absolute Gasteiger partial charge is 0.270 e. The Bertz CT molecular complexity index is 1880. The van der Waals surface area contributed by atoms with Crippen molar-refractivity contribution >= 4 is 38.4 Å². The lowest BCUT2D eigenvalue weighted by Crippen LogP contribution is -2.17. The van der Waals surface area contributed by atoms with Gasteiger partial charge in [0.2, 0.25) is 5.78 Å². The highest BCUT2D eigenvalue weighted by Crippen LogP contribution is 2.31. The summed E-state index contributed by atoms with van der Waals surface area (Å²) in [5, 5.41) is 18.3. The molecule has 3 aromatic carbocycles. The van der Waals surface area contributed by atoms with Gasteiger partial charge in [0.15, 0.2) is 11.5 Å². The van der Waals surface area contributed by atoms with E-state index in [1.165, 1.54) is 40.8 Å². The maximum atomic E-state index is 13.9. The number of aromatic amines is 1. The van der Waals surface area contributed by atoms with Crippen LogP contribution >= 0.6 is 15.9 Å². The predicted octanol–water partition coefficient (Wildman–Crippen LogP) is 5.78. The van der Waals surface area contributed by atoms with Crippen LogP contribution in [0.5, 0.6) is 0 Å². The van der Waals surface area contributed by atoms with Gasteiger partial charge in [-0.15, -0.1) is 0 Å². The number of fused-ring (bicyclic) bond motifs is 2. The molecule has 0 unspecified atom stereocenters. The van der Waals surface area contributed by atoms with E-state index < -0.39 is 16.3 Å². The first-order valence-corrected chi connectivity index (χ1v) is 11.8. The molecule has 11 heteroatoms. The van der Waals surface area contributed by atoms with Gasteiger partial charge in [-0.3, -0.25) is 14.9 Å². The summed E-state index contributed by atoms with van der Waals surface area (Å²) >= 11 is 3.43. The summed E-state index contributed by atoms with van der Waals surface area (Å²) < 4.78 is 15.9. The summed E-state index contributed by atoms with van der Waals surface area (Å²) in [4.78, 5) is 33.7. The fraction of sp³-hybridized carbons (Fsp3) is 0. The summed E-state index contributed by atoms with van der Waals surface area (Å²) in [6.07, 6.45) is 0. The van der Waals surface area contributed by atoms with Crippen molar-refractivity contribution in [2.24, 2.45) is 0 Å². The molecule has 1 N–H and O–H groups in total. The monoisotopic (exact) mass is 556 g/mol. The Hall–Kier alpha value is -4.77. The normalized spacial score (nSPS) is 11.3. The summed E-state index contributed by atoms with van der Waals surface area (Å²) in [6.45, 7) is 0. The van der Waals surface area contributed by atoms with Crippen LogP contribution in [-0.2, 0) is 0 Å². The average molecular weight is 557 g/mol. The van der Waals surface area contributed by atoms with Crippen LogP contribution in [0, 0.1) is 15.9 Å². The van der Waals surface area contributed by atoms with Crippen molar-refractivity contribution in [1.82, 2.24) is 24.6 Å². The van der Waals surface area contributed by atoms with Crippen molar-refractivity contribution in [3.63, 3.8) is 0 Å². The zero-order chi connectivity index (χ0) is 25.7. The summed E-state index contributed by atoms with van der Waals surface area (Å²) in [5.41, 5.74) is 2.72. The van der Waals surface area contributed by atoms with Gasteiger partial charge in [0.05, 0.1) is 16.0 Å². The zero-order valence-electron chi connectivity index (χ0n) is 18.7. The first-order chi connectivity index (χ1) is 17.9. The Balaban J connectivity index is 1.64. The number of non-ortho nitro benzene ring substituents is 1. The molecule has 0 fully saturated rings.